The van der Waals surface area contributed by atoms with Crippen molar-refractivity contribution in [3.63, 3.8) is 0 Å². The Morgan fingerprint density at radius 2 is 1.82 bits per heavy atom. The second-order valence-corrected chi connectivity index (χ2v) is 4.36. The summed E-state index contributed by atoms with van der Waals surface area (Å²) in [5.41, 5.74) is -0.372. The highest BCUT2D eigenvalue weighted by Gasteiger charge is 2.44. The molecule has 120 valence electrons. The average molecular weight is 318 g/mol. The molecule has 8 heteroatoms. The molecule has 22 heavy (non-hydrogen) atoms. The third-order valence-corrected chi connectivity index (χ3v) is 2.41. The van der Waals surface area contributed by atoms with E-state index in [0.717, 1.165) is 24.3 Å². The summed E-state index contributed by atoms with van der Waals surface area (Å²) >= 11 is 0. The van der Waals surface area contributed by atoms with Gasteiger partial charge >= 0.3 is 18.1 Å². The summed E-state index contributed by atoms with van der Waals surface area (Å²) in [6.07, 6.45) is -7.38. The summed E-state index contributed by atoms with van der Waals surface area (Å²) < 4.78 is 47.5. The summed E-state index contributed by atoms with van der Waals surface area (Å²) in [5, 5.41) is 9.07. The highest BCUT2D eigenvalue weighted by atomic mass is 19.4. The molecule has 0 aromatic heterocycles. The number of halogens is 3. The van der Waals surface area contributed by atoms with Gasteiger partial charge in [-0.3, -0.25) is 0 Å². The van der Waals surface area contributed by atoms with E-state index >= 15 is 0 Å². The molecule has 0 amide bonds. The first kappa shape index (κ1) is 17.5. The number of benzene rings is 1. The topological polar surface area (TPSA) is 72.8 Å². The number of esters is 2. The van der Waals surface area contributed by atoms with Gasteiger partial charge in [0.25, 0.3) is 0 Å². The fourth-order valence-corrected chi connectivity index (χ4v) is 1.39. The third kappa shape index (κ3) is 5.12. The Balaban J connectivity index is 2.78. The van der Waals surface area contributed by atoms with Crippen molar-refractivity contribution >= 4 is 11.9 Å². The standard InChI is InChI=1S/C14H13F3O5/c1-8(2)13(20)21-7-11(19)22-12(14(15,16)17)9-3-5-10(18)6-4-9/h3-6,12,18H,1,7H2,2H3. The number of hydrogen-bond acceptors (Lipinski definition) is 5. The Kier molecular flexibility index (Phi) is 5.56. The monoisotopic (exact) mass is 318 g/mol. The van der Waals surface area contributed by atoms with Crippen LogP contribution in [0.5, 0.6) is 5.75 Å². The summed E-state index contributed by atoms with van der Waals surface area (Å²) in [5.74, 6) is -2.50. The van der Waals surface area contributed by atoms with Gasteiger partial charge in [-0.2, -0.15) is 13.2 Å². The number of carbonyl (C=O) groups is 2. The highest BCUT2D eigenvalue weighted by Crippen LogP contribution is 2.36. The van der Waals surface area contributed by atoms with E-state index in [-0.39, 0.29) is 16.9 Å². The zero-order valence-electron chi connectivity index (χ0n) is 11.5. The van der Waals surface area contributed by atoms with E-state index in [1.54, 1.807) is 0 Å². The normalized spacial score (nSPS) is 12.4. The molecule has 1 aromatic rings. The van der Waals surface area contributed by atoms with Crippen LogP contribution in [0.1, 0.15) is 18.6 Å². The number of hydrogen-bond donors (Lipinski definition) is 1. The minimum absolute atomic E-state index is 0.00120. The second kappa shape index (κ2) is 6.97. The molecule has 0 aliphatic heterocycles. The summed E-state index contributed by atoms with van der Waals surface area (Å²) in [4.78, 5) is 22.4. The Bertz CT molecular complexity index is 563. The van der Waals surface area contributed by atoms with Crippen LogP contribution in [0.4, 0.5) is 13.2 Å². The summed E-state index contributed by atoms with van der Waals surface area (Å²) in [7, 11) is 0. The fraction of sp³-hybridized carbons (Fsp3) is 0.286. The quantitative estimate of drug-likeness (QED) is 0.667. The molecule has 0 aliphatic carbocycles. The molecule has 1 aromatic carbocycles. The van der Waals surface area contributed by atoms with Crippen molar-refractivity contribution in [3.8, 4) is 5.75 Å². The Hall–Kier alpha value is -2.51. The van der Waals surface area contributed by atoms with Crippen molar-refractivity contribution in [3.05, 3.63) is 42.0 Å². The van der Waals surface area contributed by atoms with Gasteiger partial charge in [0.1, 0.15) is 5.75 Å². The zero-order valence-corrected chi connectivity index (χ0v) is 11.5. The number of phenolic OH excluding ortho intramolecular Hbond substituents is 1. The van der Waals surface area contributed by atoms with Crippen molar-refractivity contribution in [1.82, 2.24) is 0 Å². The van der Waals surface area contributed by atoms with Gasteiger partial charge in [0, 0.05) is 11.1 Å². The first-order chi connectivity index (χ1) is 10.1. The van der Waals surface area contributed by atoms with E-state index in [4.69, 9.17) is 5.11 Å². The Labute approximate surface area is 124 Å². The lowest BCUT2D eigenvalue weighted by Gasteiger charge is -2.21. The maximum atomic E-state index is 12.9. The smallest absolute Gasteiger partial charge is 0.429 e. The summed E-state index contributed by atoms with van der Waals surface area (Å²) in [6.45, 7) is 3.62. The van der Waals surface area contributed by atoms with E-state index in [2.05, 4.69) is 16.1 Å². The van der Waals surface area contributed by atoms with E-state index in [9.17, 15) is 22.8 Å². The predicted octanol–water partition coefficient (Wildman–Crippen LogP) is 2.66. The Morgan fingerprint density at radius 1 is 1.27 bits per heavy atom. The van der Waals surface area contributed by atoms with Gasteiger partial charge in [-0.25, -0.2) is 9.59 Å². The van der Waals surface area contributed by atoms with Gasteiger partial charge in [-0.15, -0.1) is 0 Å². The third-order valence-electron chi connectivity index (χ3n) is 2.41. The van der Waals surface area contributed by atoms with Crippen molar-refractivity contribution < 1.29 is 37.3 Å². The fourth-order valence-electron chi connectivity index (χ4n) is 1.39. The van der Waals surface area contributed by atoms with Crippen LogP contribution in [0.25, 0.3) is 0 Å². The molecule has 0 spiro atoms. The van der Waals surface area contributed by atoms with Gasteiger partial charge in [-0.1, -0.05) is 18.7 Å². The van der Waals surface area contributed by atoms with Gasteiger partial charge in [0.15, 0.2) is 6.61 Å². The molecule has 1 atom stereocenters. The molecule has 0 aliphatic rings. The average Bonchev–Trinajstić information content (AvgIpc) is 2.42. The molecule has 5 nitrogen and oxygen atoms in total. The molecule has 0 saturated heterocycles. The maximum absolute atomic E-state index is 12.9. The van der Waals surface area contributed by atoms with Crippen molar-refractivity contribution in [2.45, 2.75) is 19.2 Å². The molecular formula is C14H13F3O5. The van der Waals surface area contributed by atoms with Gasteiger partial charge < -0.3 is 14.6 Å². The zero-order chi connectivity index (χ0) is 16.9. The largest absolute Gasteiger partial charge is 0.508 e. The van der Waals surface area contributed by atoms with Crippen LogP contribution < -0.4 is 0 Å². The Morgan fingerprint density at radius 3 is 2.27 bits per heavy atom. The molecule has 0 radical (unpaired) electrons. The molecule has 0 fully saturated rings. The number of carbonyl (C=O) groups excluding carboxylic acids is 2. The highest BCUT2D eigenvalue weighted by molar-refractivity contribution is 5.88. The van der Waals surface area contributed by atoms with Crippen LogP contribution in [-0.2, 0) is 19.1 Å². The molecule has 1 N–H and O–H groups in total. The van der Waals surface area contributed by atoms with Gasteiger partial charge in [0.2, 0.25) is 6.10 Å². The van der Waals surface area contributed by atoms with E-state index in [1.807, 2.05) is 0 Å². The molecule has 0 heterocycles. The van der Waals surface area contributed by atoms with Crippen molar-refractivity contribution in [2.75, 3.05) is 6.61 Å². The maximum Gasteiger partial charge on any atom is 0.429 e. The van der Waals surface area contributed by atoms with Crippen LogP contribution in [0.15, 0.2) is 36.4 Å². The van der Waals surface area contributed by atoms with E-state index < -0.39 is 30.8 Å². The lowest BCUT2D eigenvalue weighted by atomic mass is 10.1. The molecule has 1 unspecified atom stereocenters. The SMILES string of the molecule is C=C(C)C(=O)OCC(=O)OC(c1ccc(O)cc1)C(F)(F)F. The minimum atomic E-state index is -4.86. The van der Waals surface area contributed by atoms with Crippen LogP contribution in [0.3, 0.4) is 0 Å². The number of aromatic hydroxyl groups is 1. The van der Waals surface area contributed by atoms with Gasteiger partial charge in [0.05, 0.1) is 0 Å². The number of ether oxygens (including phenoxy) is 2. The van der Waals surface area contributed by atoms with Crippen LogP contribution in [0, 0.1) is 0 Å². The first-order valence-electron chi connectivity index (χ1n) is 5.99. The summed E-state index contributed by atoms with van der Waals surface area (Å²) in [6, 6.07) is 4.01. The minimum Gasteiger partial charge on any atom is -0.508 e. The predicted molar refractivity (Wildman–Crippen MR) is 68.8 cm³/mol. The van der Waals surface area contributed by atoms with Crippen LogP contribution in [0.2, 0.25) is 0 Å². The lowest BCUT2D eigenvalue weighted by molar-refractivity contribution is -0.225. The van der Waals surface area contributed by atoms with Crippen molar-refractivity contribution in [1.29, 1.82) is 0 Å². The number of alkyl halides is 3. The second-order valence-electron chi connectivity index (χ2n) is 4.36. The van der Waals surface area contributed by atoms with Crippen LogP contribution in [-0.4, -0.2) is 29.8 Å². The first-order valence-corrected chi connectivity index (χ1v) is 5.99. The van der Waals surface area contributed by atoms with Gasteiger partial charge in [-0.05, 0) is 19.1 Å². The molecule has 0 bridgehead atoms. The molecular weight excluding hydrogens is 305 g/mol. The molecule has 0 saturated carbocycles. The van der Waals surface area contributed by atoms with E-state index in [1.165, 1.54) is 6.92 Å². The number of rotatable bonds is 5. The lowest BCUT2D eigenvalue weighted by Crippen LogP contribution is -2.28. The number of phenols is 1. The molecule has 1 rings (SSSR count). The van der Waals surface area contributed by atoms with Crippen molar-refractivity contribution in [2.24, 2.45) is 0 Å². The van der Waals surface area contributed by atoms with Crippen LogP contribution >= 0.6 is 0 Å². The van der Waals surface area contributed by atoms with E-state index in [0.29, 0.717) is 0 Å².